The second-order valence-electron chi connectivity index (χ2n) is 12.0. The normalized spacial score (nSPS) is 11.8. The number of para-hydroxylation sites is 2. The van der Waals surface area contributed by atoms with Gasteiger partial charge in [0, 0.05) is 32.3 Å². The molecule has 4 heteroatoms. The minimum atomic E-state index is 0.690. The van der Waals surface area contributed by atoms with Crippen LogP contribution in [0.25, 0.3) is 91.9 Å². The summed E-state index contributed by atoms with van der Waals surface area (Å²) < 4.78 is 10.8. The lowest BCUT2D eigenvalue weighted by Crippen LogP contribution is -1.93. The number of nitrogens with zero attached hydrogens (tertiary/aromatic N) is 2. The predicted octanol–water partition coefficient (Wildman–Crippen LogP) is 12.3. The van der Waals surface area contributed by atoms with Crippen LogP contribution in [0.5, 0.6) is 0 Å². The van der Waals surface area contributed by atoms with E-state index in [0.717, 1.165) is 70.0 Å². The molecule has 0 amide bonds. The van der Waals surface area contributed by atoms with E-state index in [1.165, 1.54) is 21.9 Å². The summed E-state index contributed by atoms with van der Waals surface area (Å²) in [5.41, 5.74) is 10.5. The largest absolute Gasteiger partial charge is 0.456 e. The molecule has 0 aliphatic heterocycles. The molecular formula is C43H24N2OS. The third kappa shape index (κ3) is 3.72. The van der Waals surface area contributed by atoms with Gasteiger partial charge in [-0.3, -0.25) is 0 Å². The van der Waals surface area contributed by atoms with Crippen molar-refractivity contribution in [2.45, 2.75) is 0 Å². The second-order valence-corrected chi connectivity index (χ2v) is 13.0. The Morgan fingerprint density at radius 1 is 0.511 bits per heavy atom. The van der Waals surface area contributed by atoms with Gasteiger partial charge in [0.2, 0.25) is 0 Å². The minimum Gasteiger partial charge on any atom is -0.456 e. The van der Waals surface area contributed by atoms with Crippen LogP contribution in [-0.2, 0) is 0 Å². The molecule has 0 N–H and O–H groups in total. The van der Waals surface area contributed by atoms with Crippen molar-refractivity contribution >= 4 is 75.3 Å². The first-order chi connectivity index (χ1) is 23.3. The fourth-order valence-electron chi connectivity index (χ4n) is 7.42. The summed E-state index contributed by atoms with van der Waals surface area (Å²) in [7, 11) is 0. The average molecular weight is 617 g/mol. The summed E-state index contributed by atoms with van der Waals surface area (Å²) in [6, 6.07) is 53.6. The number of hydrogen-bond donors (Lipinski definition) is 0. The highest BCUT2D eigenvalue weighted by Gasteiger charge is 2.21. The lowest BCUT2D eigenvalue weighted by molar-refractivity contribution is 0.669. The van der Waals surface area contributed by atoms with E-state index in [9.17, 15) is 5.26 Å². The fourth-order valence-corrected chi connectivity index (χ4v) is 8.71. The van der Waals surface area contributed by atoms with Crippen LogP contribution in [0.1, 0.15) is 5.56 Å². The lowest BCUT2D eigenvalue weighted by Gasteiger charge is -2.10. The highest BCUT2D eigenvalue weighted by molar-refractivity contribution is 7.26. The Balaban J connectivity index is 1.29. The van der Waals surface area contributed by atoms with Crippen molar-refractivity contribution in [1.29, 1.82) is 5.26 Å². The van der Waals surface area contributed by atoms with Gasteiger partial charge in [0.05, 0.1) is 31.7 Å². The Labute approximate surface area is 273 Å². The summed E-state index contributed by atoms with van der Waals surface area (Å²) in [6.45, 7) is 0. The molecule has 218 valence electrons. The molecule has 0 aliphatic rings. The molecule has 0 fully saturated rings. The van der Waals surface area contributed by atoms with Gasteiger partial charge in [0.25, 0.3) is 0 Å². The Hall–Kier alpha value is -6.15. The van der Waals surface area contributed by atoms with Gasteiger partial charge in [-0.1, -0.05) is 103 Å². The zero-order valence-electron chi connectivity index (χ0n) is 25.1. The van der Waals surface area contributed by atoms with Crippen molar-refractivity contribution in [2.24, 2.45) is 0 Å². The first-order valence-corrected chi connectivity index (χ1v) is 16.5. The predicted molar refractivity (Wildman–Crippen MR) is 197 cm³/mol. The maximum absolute atomic E-state index is 10.3. The smallest absolute Gasteiger partial charge is 0.136 e. The number of furan rings is 1. The molecular weight excluding hydrogens is 593 g/mol. The zero-order chi connectivity index (χ0) is 31.1. The third-order valence-corrected chi connectivity index (χ3v) is 10.7. The van der Waals surface area contributed by atoms with Crippen LogP contribution in [0.15, 0.2) is 150 Å². The van der Waals surface area contributed by atoms with Crippen molar-refractivity contribution in [3.8, 4) is 34.0 Å². The van der Waals surface area contributed by atoms with Crippen LogP contribution in [0.2, 0.25) is 0 Å². The SMILES string of the molecule is N#Cc1ccc(-c2cccc3oc4ccccc4c23)c2c1sc1c(-n3c4ccccc4c4cc(-c5ccccc5)ccc43)cccc12. The van der Waals surface area contributed by atoms with Crippen molar-refractivity contribution in [3.05, 3.63) is 151 Å². The van der Waals surface area contributed by atoms with Crippen LogP contribution >= 0.6 is 11.3 Å². The van der Waals surface area contributed by atoms with Gasteiger partial charge in [-0.2, -0.15) is 5.26 Å². The molecule has 0 spiro atoms. The van der Waals surface area contributed by atoms with Gasteiger partial charge in [0.1, 0.15) is 17.2 Å². The Morgan fingerprint density at radius 3 is 2.13 bits per heavy atom. The fraction of sp³-hybridized carbons (Fsp3) is 0. The van der Waals surface area contributed by atoms with E-state index < -0.39 is 0 Å². The number of fused-ring (bicyclic) bond motifs is 9. The van der Waals surface area contributed by atoms with Crippen molar-refractivity contribution in [2.75, 3.05) is 0 Å². The number of hydrogen-bond acceptors (Lipinski definition) is 3. The number of rotatable bonds is 3. The van der Waals surface area contributed by atoms with Gasteiger partial charge in [0.15, 0.2) is 0 Å². The van der Waals surface area contributed by atoms with Crippen molar-refractivity contribution in [1.82, 2.24) is 4.57 Å². The number of benzene rings is 7. The van der Waals surface area contributed by atoms with E-state index in [1.54, 1.807) is 11.3 Å². The first kappa shape index (κ1) is 26.1. The topological polar surface area (TPSA) is 41.9 Å². The minimum absolute atomic E-state index is 0.690. The summed E-state index contributed by atoms with van der Waals surface area (Å²) >= 11 is 1.71. The highest BCUT2D eigenvalue weighted by Crippen LogP contribution is 2.47. The zero-order valence-corrected chi connectivity index (χ0v) is 25.9. The van der Waals surface area contributed by atoms with E-state index in [-0.39, 0.29) is 0 Å². The molecule has 3 nitrogen and oxygen atoms in total. The Morgan fingerprint density at radius 2 is 1.23 bits per heavy atom. The summed E-state index contributed by atoms with van der Waals surface area (Å²) in [4.78, 5) is 0. The Kier molecular flexibility index (Phi) is 5.51. The Bertz CT molecular complexity index is 2920. The molecule has 0 saturated carbocycles. The molecule has 10 rings (SSSR count). The van der Waals surface area contributed by atoms with Gasteiger partial charge in [-0.05, 0) is 64.7 Å². The number of nitriles is 1. The summed E-state index contributed by atoms with van der Waals surface area (Å²) in [5.74, 6) is 0. The molecule has 7 aromatic carbocycles. The van der Waals surface area contributed by atoms with Crippen LogP contribution in [-0.4, -0.2) is 4.57 Å². The summed E-state index contributed by atoms with van der Waals surface area (Å²) in [6.07, 6.45) is 0. The number of aromatic nitrogens is 1. The van der Waals surface area contributed by atoms with Gasteiger partial charge in [-0.15, -0.1) is 11.3 Å². The van der Waals surface area contributed by atoms with Crippen molar-refractivity contribution in [3.63, 3.8) is 0 Å². The monoisotopic (exact) mass is 616 g/mol. The molecule has 0 unspecified atom stereocenters. The van der Waals surface area contributed by atoms with Gasteiger partial charge >= 0.3 is 0 Å². The molecule has 0 aliphatic carbocycles. The van der Waals surface area contributed by atoms with Crippen LogP contribution in [0.4, 0.5) is 0 Å². The first-order valence-electron chi connectivity index (χ1n) is 15.7. The molecule has 10 aromatic rings. The van der Waals surface area contributed by atoms with Gasteiger partial charge in [-0.25, -0.2) is 0 Å². The molecule has 0 saturated heterocycles. The van der Waals surface area contributed by atoms with E-state index in [2.05, 4.69) is 132 Å². The molecule has 3 heterocycles. The van der Waals surface area contributed by atoms with E-state index in [1.807, 2.05) is 24.3 Å². The average Bonchev–Trinajstić information content (AvgIpc) is 3.81. The molecule has 3 aromatic heterocycles. The van der Waals surface area contributed by atoms with E-state index in [4.69, 9.17) is 4.42 Å². The molecule has 0 atom stereocenters. The van der Waals surface area contributed by atoms with E-state index in [0.29, 0.717) is 5.56 Å². The highest BCUT2D eigenvalue weighted by atomic mass is 32.1. The van der Waals surface area contributed by atoms with Crippen LogP contribution < -0.4 is 0 Å². The molecule has 47 heavy (non-hydrogen) atoms. The maximum Gasteiger partial charge on any atom is 0.136 e. The second kappa shape index (κ2) is 9.92. The standard InChI is InChI=1S/C43H24N2OS/c44-25-28-20-22-31(30-14-9-19-39-40(30)32-13-5-7-18-38(32)46-39)41-33-15-8-17-37(43(33)47-42(28)41)45-35-16-6-4-12-29(35)34-24-27(21-23-36(34)45)26-10-2-1-3-11-26/h1-24H. The van der Waals surface area contributed by atoms with E-state index >= 15 is 0 Å². The third-order valence-electron chi connectivity index (χ3n) is 9.46. The number of thiophene rings is 1. The van der Waals surface area contributed by atoms with Crippen LogP contribution in [0, 0.1) is 11.3 Å². The summed E-state index contributed by atoms with van der Waals surface area (Å²) in [5, 5.41) is 17.2. The molecule has 0 bridgehead atoms. The quantitative estimate of drug-likeness (QED) is 0.198. The van der Waals surface area contributed by atoms with Crippen molar-refractivity contribution < 1.29 is 4.42 Å². The lowest BCUT2D eigenvalue weighted by atomic mass is 9.94. The molecule has 0 radical (unpaired) electrons. The van der Waals surface area contributed by atoms with Gasteiger partial charge < -0.3 is 8.98 Å². The maximum atomic E-state index is 10.3. The van der Waals surface area contributed by atoms with Crippen LogP contribution in [0.3, 0.4) is 0 Å².